The Labute approximate surface area is 125 Å². The molecule has 2 aromatic carbocycles. The van der Waals surface area contributed by atoms with Gasteiger partial charge in [0.15, 0.2) is 0 Å². The Morgan fingerprint density at radius 1 is 1.24 bits per heavy atom. The van der Waals surface area contributed by atoms with Gasteiger partial charge in [0.25, 0.3) is 5.91 Å². The van der Waals surface area contributed by atoms with Crippen LogP contribution >= 0.6 is 0 Å². The number of methoxy groups -OCH3 is 1. The third-order valence-corrected chi connectivity index (χ3v) is 3.28. The molecule has 0 saturated carbocycles. The van der Waals surface area contributed by atoms with Gasteiger partial charge in [-0.3, -0.25) is 4.79 Å². The van der Waals surface area contributed by atoms with E-state index in [4.69, 9.17) is 4.74 Å². The number of anilines is 1. The number of amides is 1. The third kappa shape index (κ3) is 3.31. The third-order valence-electron chi connectivity index (χ3n) is 3.28. The Morgan fingerprint density at radius 2 is 1.95 bits per heavy atom. The smallest absolute Gasteiger partial charge is 0.258 e. The predicted octanol–water partition coefficient (Wildman–Crippen LogP) is 3.84. The molecule has 0 spiro atoms. The molecule has 0 saturated heterocycles. The standard InChI is InChI=1S/C18H19NO2/c1-4-12-19(18(20)15-8-6-5-7-9-15)16-11-10-14(2)17(13-16)21-3/h4-11,13H,1,12H2,2-3H3. The normalized spacial score (nSPS) is 10.0. The second-order valence-corrected chi connectivity index (χ2v) is 4.72. The van der Waals surface area contributed by atoms with Crippen molar-refractivity contribution in [3.63, 3.8) is 0 Å². The molecule has 21 heavy (non-hydrogen) atoms. The molecule has 3 nitrogen and oxygen atoms in total. The number of hydrogen-bond acceptors (Lipinski definition) is 2. The topological polar surface area (TPSA) is 29.5 Å². The zero-order valence-corrected chi connectivity index (χ0v) is 12.4. The molecule has 0 heterocycles. The summed E-state index contributed by atoms with van der Waals surface area (Å²) in [5.41, 5.74) is 2.48. The van der Waals surface area contributed by atoms with E-state index in [1.165, 1.54) is 0 Å². The summed E-state index contributed by atoms with van der Waals surface area (Å²) in [7, 11) is 1.63. The molecule has 0 unspecified atom stereocenters. The van der Waals surface area contributed by atoms with Gasteiger partial charge in [0, 0.05) is 23.9 Å². The van der Waals surface area contributed by atoms with Crippen LogP contribution in [-0.2, 0) is 0 Å². The summed E-state index contributed by atoms with van der Waals surface area (Å²) in [6.45, 7) is 6.15. The first kappa shape index (κ1) is 14.9. The number of carbonyl (C=O) groups is 1. The van der Waals surface area contributed by atoms with Crippen LogP contribution in [0.3, 0.4) is 0 Å². The molecule has 3 heteroatoms. The first-order valence-corrected chi connectivity index (χ1v) is 6.80. The second kappa shape index (κ2) is 6.75. The molecule has 0 fully saturated rings. The fourth-order valence-electron chi connectivity index (χ4n) is 2.15. The lowest BCUT2D eigenvalue weighted by Crippen LogP contribution is -2.31. The van der Waals surface area contributed by atoms with Crippen LogP contribution in [0.2, 0.25) is 0 Å². The maximum atomic E-state index is 12.7. The zero-order chi connectivity index (χ0) is 15.2. The van der Waals surface area contributed by atoms with E-state index < -0.39 is 0 Å². The Bertz CT molecular complexity index is 635. The summed E-state index contributed by atoms with van der Waals surface area (Å²) >= 11 is 0. The molecule has 1 amide bonds. The summed E-state index contributed by atoms with van der Waals surface area (Å²) in [4.78, 5) is 14.3. The van der Waals surface area contributed by atoms with Crippen LogP contribution in [0, 0.1) is 6.92 Å². The highest BCUT2D eigenvalue weighted by Crippen LogP contribution is 2.26. The van der Waals surface area contributed by atoms with Crippen molar-refractivity contribution in [3.8, 4) is 5.75 Å². The van der Waals surface area contributed by atoms with E-state index in [1.54, 1.807) is 18.1 Å². The lowest BCUT2D eigenvalue weighted by Gasteiger charge is -2.22. The van der Waals surface area contributed by atoms with Gasteiger partial charge in [-0.25, -0.2) is 0 Å². The maximum absolute atomic E-state index is 12.7. The van der Waals surface area contributed by atoms with Crippen LogP contribution in [0.15, 0.2) is 61.2 Å². The van der Waals surface area contributed by atoms with E-state index in [9.17, 15) is 4.79 Å². The first-order valence-electron chi connectivity index (χ1n) is 6.80. The van der Waals surface area contributed by atoms with Crippen molar-refractivity contribution >= 4 is 11.6 Å². The van der Waals surface area contributed by atoms with Gasteiger partial charge in [-0.15, -0.1) is 6.58 Å². The van der Waals surface area contributed by atoms with E-state index in [0.29, 0.717) is 12.1 Å². The van der Waals surface area contributed by atoms with E-state index in [1.807, 2.05) is 55.5 Å². The Hall–Kier alpha value is -2.55. The van der Waals surface area contributed by atoms with Crippen molar-refractivity contribution in [1.29, 1.82) is 0 Å². The van der Waals surface area contributed by atoms with E-state index in [2.05, 4.69) is 6.58 Å². The van der Waals surface area contributed by atoms with Gasteiger partial charge in [0.05, 0.1) is 7.11 Å². The number of rotatable bonds is 5. The van der Waals surface area contributed by atoms with Crippen molar-refractivity contribution in [3.05, 3.63) is 72.3 Å². The summed E-state index contributed by atoms with van der Waals surface area (Å²) in [6, 6.07) is 15.0. The fraction of sp³-hybridized carbons (Fsp3) is 0.167. The molecule has 0 bridgehead atoms. The maximum Gasteiger partial charge on any atom is 0.258 e. The fourth-order valence-corrected chi connectivity index (χ4v) is 2.15. The van der Waals surface area contributed by atoms with Crippen LogP contribution in [0.5, 0.6) is 5.75 Å². The monoisotopic (exact) mass is 281 g/mol. The van der Waals surface area contributed by atoms with Gasteiger partial charge < -0.3 is 9.64 Å². The Morgan fingerprint density at radius 3 is 2.57 bits per heavy atom. The molecule has 0 aliphatic heterocycles. The van der Waals surface area contributed by atoms with Crippen molar-refractivity contribution in [2.24, 2.45) is 0 Å². The molecule has 0 radical (unpaired) electrons. The van der Waals surface area contributed by atoms with E-state index >= 15 is 0 Å². The minimum Gasteiger partial charge on any atom is -0.496 e. The lowest BCUT2D eigenvalue weighted by atomic mass is 10.1. The molecule has 0 N–H and O–H groups in total. The van der Waals surface area contributed by atoms with E-state index in [-0.39, 0.29) is 5.91 Å². The molecule has 2 rings (SSSR count). The van der Waals surface area contributed by atoms with Crippen LogP contribution in [-0.4, -0.2) is 19.6 Å². The number of benzene rings is 2. The molecular formula is C18H19NO2. The molecule has 0 aromatic heterocycles. The highest BCUT2D eigenvalue weighted by Gasteiger charge is 2.17. The number of ether oxygens (including phenoxy) is 1. The molecule has 0 aliphatic rings. The molecule has 2 aromatic rings. The lowest BCUT2D eigenvalue weighted by molar-refractivity contribution is 0.0989. The number of nitrogens with zero attached hydrogens (tertiary/aromatic N) is 1. The summed E-state index contributed by atoms with van der Waals surface area (Å²) < 4.78 is 5.34. The van der Waals surface area contributed by atoms with Gasteiger partial charge in [0.1, 0.15) is 5.75 Å². The van der Waals surface area contributed by atoms with Crippen molar-refractivity contribution < 1.29 is 9.53 Å². The highest BCUT2D eigenvalue weighted by atomic mass is 16.5. The first-order chi connectivity index (χ1) is 10.2. The Kier molecular flexibility index (Phi) is 4.77. The average molecular weight is 281 g/mol. The number of aryl methyl sites for hydroxylation is 1. The van der Waals surface area contributed by atoms with Gasteiger partial charge in [-0.1, -0.05) is 30.3 Å². The van der Waals surface area contributed by atoms with Crippen LogP contribution < -0.4 is 9.64 Å². The van der Waals surface area contributed by atoms with Crippen molar-refractivity contribution in [2.45, 2.75) is 6.92 Å². The zero-order valence-electron chi connectivity index (χ0n) is 12.4. The summed E-state index contributed by atoms with van der Waals surface area (Å²) in [5.74, 6) is 0.712. The second-order valence-electron chi connectivity index (χ2n) is 4.72. The Balaban J connectivity index is 2.39. The van der Waals surface area contributed by atoms with Crippen LogP contribution in [0.25, 0.3) is 0 Å². The minimum absolute atomic E-state index is 0.0543. The summed E-state index contributed by atoms with van der Waals surface area (Å²) in [5, 5.41) is 0. The molecular weight excluding hydrogens is 262 g/mol. The highest BCUT2D eigenvalue weighted by molar-refractivity contribution is 6.06. The number of hydrogen-bond donors (Lipinski definition) is 0. The average Bonchev–Trinajstić information content (AvgIpc) is 2.53. The molecule has 108 valence electrons. The molecule has 0 aliphatic carbocycles. The predicted molar refractivity (Wildman–Crippen MR) is 86.0 cm³/mol. The minimum atomic E-state index is -0.0543. The van der Waals surface area contributed by atoms with Gasteiger partial charge >= 0.3 is 0 Å². The van der Waals surface area contributed by atoms with Gasteiger partial charge in [-0.2, -0.15) is 0 Å². The summed E-state index contributed by atoms with van der Waals surface area (Å²) in [6.07, 6.45) is 1.72. The van der Waals surface area contributed by atoms with Gasteiger partial charge in [-0.05, 0) is 30.7 Å². The SMILES string of the molecule is C=CCN(C(=O)c1ccccc1)c1ccc(C)c(OC)c1. The largest absolute Gasteiger partial charge is 0.496 e. The van der Waals surface area contributed by atoms with Crippen molar-refractivity contribution in [1.82, 2.24) is 0 Å². The van der Waals surface area contributed by atoms with E-state index in [0.717, 1.165) is 17.0 Å². The number of carbonyl (C=O) groups excluding carboxylic acids is 1. The van der Waals surface area contributed by atoms with Crippen LogP contribution in [0.1, 0.15) is 15.9 Å². The van der Waals surface area contributed by atoms with Gasteiger partial charge in [0.2, 0.25) is 0 Å². The molecule has 0 atom stereocenters. The quantitative estimate of drug-likeness (QED) is 0.779. The van der Waals surface area contributed by atoms with Crippen LogP contribution in [0.4, 0.5) is 5.69 Å². The van der Waals surface area contributed by atoms with Crippen molar-refractivity contribution in [2.75, 3.05) is 18.6 Å².